The third-order valence-corrected chi connectivity index (χ3v) is 4.78. The molecular formula is C23H22F3N3O4. The molecule has 0 bridgehead atoms. The second-order valence-electron chi connectivity index (χ2n) is 7.21. The van der Waals surface area contributed by atoms with Gasteiger partial charge in [-0.3, -0.25) is 9.48 Å². The highest BCUT2D eigenvalue weighted by Crippen LogP contribution is 2.25. The van der Waals surface area contributed by atoms with E-state index in [1.165, 1.54) is 11.1 Å². The summed E-state index contributed by atoms with van der Waals surface area (Å²) >= 11 is 0. The number of carboxylic acid groups (broad SMARTS) is 1. The number of amides is 1. The van der Waals surface area contributed by atoms with Crippen LogP contribution in [0.3, 0.4) is 0 Å². The molecule has 1 amide bonds. The van der Waals surface area contributed by atoms with Crippen LogP contribution in [0.25, 0.3) is 0 Å². The van der Waals surface area contributed by atoms with Gasteiger partial charge in [-0.2, -0.15) is 18.3 Å². The molecule has 33 heavy (non-hydrogen) atoms. The number of alkyl halides is 3. The number of aromatic nitrogens is 2. The molecular weight excluding hydrogens is 439 g/mol. The van der Waals surface area contributed by atoms with Crippen molar-refractivity contribution in [3.8, 4) is 0 Å². The van der Waals surface area contributed by atoms with Crippen LogP contribution >= 0.6 is 0 Å². The van der Waals surface area contributed by atoms with Gasteiger partial charge in [-0.15, -0.1) is 0 Å². The maximum Gasteiger partial charge on any atom is 0.490 e. The second kappa shape index (κ2) is 10.8. The Morgan fingerprint density at radius 2 is 1.70 bits per heavy atom. The maximum atomic E-state index is 12.3. The number of halogens is 3. The van der Waals surface area contributed by atoms with E-state index in [2.05, 4.69) is 23.6 Å². The van der Waals surface area contributed by atoms with Crippen molar-refractivity contribution in [3.63, 3.8) is 0 Å². The molecule has 2 N–H and O–H groups in total. The van der Waals surface area contributed by atoms with E-state index in [1.807, 2.05) is 41.1 Å². The first-order chi connectivity index (χ1) is 15.7. The highest BCUT2D eigenvalue weighted by atomic mass is 19.4. The molecule has 1 aliphatic rings. The fraction of sp³-hybridized carbons (Fsp3) is 0.261. The normalized spacial score (nSPS) is 15.1. The summed E-state index contributed by atoms with van der Waals surface area (Å²) in [6, 6.07) is 19.5. The monoisotopic (exact) mass is 461 g/mol. The Balaban J connectivity index is 0.000000383. The minimum Gasteiger partial charge on any atom is -0.475 e. The molecule has 10 heteroatoms. The number of benzene rings is 2. The summed E-state index contributed by atoms with van der Waals surface area (Å²) in [4.78, 5) is 21.1. The zero-order valence-electron chi connectivity index (χ0n) is 17.5. The minimum atomic E-state index is -5.08. The van der Waals surface area contributed by atoms with Crippen LogP contribution in [0.4, 0.5) is 13.2 Å². The average molecular weight is 461 g/mol. The smallest absolute Gasteiger partial charge is 0.475 e. The van der Waals surface area contributed by atoms with Gasteiger partial charge in [0.05, 0.1) is 18.8 Å². The van der Waals surface area contributed by atoms with Crippen LogP contribution in [0, 0.1) is 0 Å². The molecule has 3 aromatic rings. The number of hydrogen-bond acceptors (Lipinski definition) is 4. The molecule has 0 fully saturated rings. The molecule has 0 saturated carbocycles. The standard InChI is InChI=1S/C21H21N3O2.C2HF3O2/c25-21(17-9-5-2-6-10-17)22-13-19-20-18(11-12-26-19)15-24(23-20)14-16-7-3-1-4-8-16;3-2(4,5)1(6)7/h1-10,15,19H,11-14H2,(H,22,25);(H,6,7). The van der Waals surface area contributed by atoms with Crippen LogP contribution in [0.5, 0.6) is 0 Å². The molecule has 1 unspecified atom stereocenters. The van der Waals surface area contributed by atoms with Crippen molar-refractivity contribution in [2.75, 3.05) is 13.2 Å². The summed E-state index contributed by atoms with van der Waals surface area (Å²) in [6.07, 6.45) is -2.34. The van der Waals surface area contributed by atoms with Gasteiger partial charge in [-0.05, 0) is 29.7 Å². The first-order valence-electron chi connectivity index (χ1n) is 10.1. The topological polar surface area (TPSA) is 93.5 Å². The number of hydrogen-bond donors (Lipinski definition) is 2. The number of nitrogens with zero attached hydrogens (tertiary/aromatic N) is 2. The quantitative estimate of drug-likeness (QED) is 0.606. The van der Waals surface area contributed by atoms with Crippen LogP contribution < -0.4 is 5.32 Å². The zero-order valence-corrected chi connectivity index (χ0v) is 17.5. The number of carboxylic acids is 1. The molecule has 1 aromatic heterocycles. The van der Waals surface area contributed by atoms with Gasteiger partial charge in [-0.1, -0.05) is 48.5 Å². The lowest BCUT2D eigenvalue weighted by Gasteiger charge is -2.22. The number of nitrogens with one attached hydrogen (secondary N) is 1. The third kappa shape index (κ3) is 6.91. The predicted molar refractivity (Wildman–Crippen MR) is 113 cm³/mol. The van der Waals surface area contributed by atoms with Gasteiger partial charge in [0.25, 0.3) is 5.91 Å². The molecule has 2 heterocycles. The van der Waals surface area contributed by atoms with Crippen molar-refractivity contribution in [2.45, 2.75) is 25.2 Å². The van der Waals surface area contributed by atoms with Gasteiger partial charge >= 0.3 is 12.1 Å². The molecule has 1 aliphatic heterocycles. The van der Waals surface area contributed by atoms with E-state index in [1.54, 1.807) is 12.1 Å². The summed E-state index contributed by atoms with van der Waals surface area (Å²) in [5, 5.41) is 14.8. The Bertz CT molecular complexity index is 1070. The maximum absolute atomic E-state index is 12.3. The van der Waals surface area contributed by atoms with Gasteiger partial charge in [-0.25, -0.2) is 4.79 Å². The Kier molecular flexibility index (Phi) is 7.83. The van der Waals surface area contributed by atoms with E-state index in [4.69, 9.17) is 19.7 Å². The Hall–Kier alpha value is -3.66. The van der Waals surface area contributed by atoms with Gasteiger partial charge in [0.2, 0.25) is 0 Å². The van der Waals surface area contributed by atoms with E-state index >= 15 is 0 Å². The first-order valence-corrected chi connectivity index (χ1v) is 10.1. The van der Waals surface area contributed by atoms with Crippen molar-refractivity contribution in [1.29, 1.82) is 0 Å². The molecule has 0 spiro atoms. The van der Waals surface area contributed by atoms with E-state index in [9.17, 15) is 18.0 Å². The van der Waals surface area contributed by atoms with Crippen molar-refractivity contribution in [1.82, 2.24) is 15.1 Å². The van der Waals surface area contributed by atoms with Gasteiger partial charge in [0, 0.05) is 18.3 Å². The number of ether oxygens (including phenoxy) is 1. The van der Waals surface area contributed by atoms with E-state index in [0.717, 1.165) is 18.7 Å². The Labute approximate surface area is 187 Å². The molecule has 0 saturated heterocycles. The lowest BCUT2D eigenvalue weighted by molar-refractivity contribution is -0.192. The van der Waals surface area contributed by atoms with Crippen LogP contribution in [-0.4, -0.2) is 46.1 Å². The van der Waals surface area contributed by atoms with Crippen LogP contribution in [-0.2, 0) is 22.5 Å². The van der Waals surface area contributed by atoms with Crippen LogP contribution in [0.1, 0.15) is 33.3 Å². The van der Waals surface area contributed by atoms with Gasteiger partial charge in [0.1, 0.15) is 6.10 Å². The molecule has 0 radical (unpaired) electrons. The largest absolute Gasteiger partial charge is 0.490 e. The number of aliphatic carboxylic acids is 1. The zero-order chi connectivity index (χ0) is 23.8. The lowest BCUT2D eigenvalue weighted by atomic mass is 10.1. The molecule has 7 nitrogen and oxygen atoms in total. The number of carbonyl (C=O) groups excluding carboxylic acids is 1. The highest BCUT2D eigenvalue weighted by Gasteiger charge is 2.38. The number of carbonyl (C=O) groups is 2. The third-order valence-electron chi connectivity index (χ3n) is 4.78. The summed E-state index contributed by atoms with van der Waals surface area (Å²) in [7, 11) is 0. The molecule has 1 atom stereocenters. The average Bonchev–Trinajstić information content (AvgIpc) is 3.21. The van der Waals surface area contributed by atoms with Gasteiger partial charge in [0.15, 0.2) is 0 Å². The Morgan fingerprint density at radius 1 is 1.09 bits per heavy atom. The van der Waals surface area contributed by atoms with E-state index < -0.39 is 12.1 Å². The van der Waals surface area contributed by atoms with Crippen molar-refractivity contribution < 1.29 is 32.6 Å². The summed E-state index contributed by atoms with van der Waals surface area (Å²) in [5.41, 5.74) is 3.99. The first kappa shape index (κ1) is 24.0. The summed E-state index contributed by atoms with van der Waals surface area (Å²) < 4.78 is 39.6. The van der Waals surface area contributed by atoms with Crippen LogP contribution in [0.15, 0.2) is 66.9 Å². The van der Waals surface area contributed by atoms with Crippen molar-refractivity contribution in [2.24, 2.45) is 0 Å². The summed E-state index contributed by atoms with van der Waals surface area (Å²) in [5.74, 6) is -2.85. The lowest BCUT2D eigenvalue weighted by Crippen LogP contribution is -2.31. The molecule has 2 aromatic carbocycles. The Morgan fingerprint density at radius 3 is 2.30 bits per heavy atom. The van der Waals surface area contributed by atoms with Gasteiger partial charge < -0.3 is 15.2 Å². The van der Waals surface area contributed by atoms with E-state index in [-0.39, 0.29) is 12.0 Å². The predicted octanol–water partition coefficient (Wildman–Crippen LogP) is 3.61. The molecule has 174 valence electrons. The minimum absolute atomic E-state index is 0.0926. The number of rotatable bonds is 5. The molecule has 4 rings (SSSR count). The molecule has 0 aliphatic carbocycles. The van der Waals surface area contributed by atoms with Crippen LogP contribution in [0.2, 0.25) is 0 Å². The SMILES string of the molecule is O=C(NCC1OCCc2cn(Cc3ccccc3)nc21)c1ccccc1.O=C(O)C(F)(F)F. The highest BCUT2D eigenvalue weighted by molar-refractivity contribution is 5.94. The van der Waals surface area contributed by atoms with Crippen molar-refractivity contribution in [3.05, 3.63) is 89.2 Å². The second-order valence-corrected chi connectivity index (χ2v) is 7.21. The fourth-order valence-corrected chi connectivity index (χ4v) is 3.22. The van der Waals surface area contributed by atoms with Crippen molar-refractivity contribution >= 4 is 11.9 Å². The summed E-state index contributed by atoms with van der Waals surface area (Å²) in [6.45, 7) is 1.80. The van der Waals surface area contributed by atoms with E-state index in [0.29, 0.717) is 18.7 Å². The number of fused-ring (bicyclic) bond motifs is 1. The fourth-order valence-electron chi connectivity index (χ4n) is 3.22.